The van der Waals surface area contributed by atoms with Gasteiger partial charge in [-0.1, -0.05) is 0 Å². The maximum absolute atomic E-state index is 5.30. The molecular formula is C8H14N2O. The van der Waals surface area contributed by atoms with Crippen molar-refractivity contribution in [2.24, 2.45) is 0 Å². The highest BCUT2D eigenvalue weighted by Gasteiger charge is 2.02. The number of rotatable bonds is 3. The van der Waals surface area contributed by atoms with Crippen LogP contribution in [0.5, 0.6) is 6.01 Å². The predicted octanol–water partition coefficient (Wildman–Crippen LogP) is 1.61. The molecule has 0 amide bonds. The molecule has 0 N–H and O–H groups in total. The summed E-state index contributed by atoms with van der Waals surface area (Å²) in [7, 11) is 0. The van der Waals surface area contributed by atoms with Crippen molar-refractivity contribution in [3.63, 3.8) is 0 Å². The number of hydrogen-bond donors (Lipinski definition) is 0. The fourth-order valence-electron chi connectivity index (χ4n) is 0.996. The van der Waals surface area contributed by atoms with Crippen LogP contribution in [0.3, 0.4) is 0 Å². The van der Waals surface area contributed by atoms with Gasteiger partial charge in [-0.3, -0.25) is 0 Å². The van der Waals surface area contributed by atoms with E-state index in [9.17, 15) is 0 Å². The number of hydrogen-bond acceptors (Lipinski definition) is 2. The van der Waals surface area contributed by atoms with Crippen LogP contribution in [0, 0.1) is 6.92 Å². The van der Waals surface area contributed by atoms with Gasteiger partial charge in [-0.25, -0.2) is 4.98 Å². The lowest BCUT2D eigenvalue weighted by Crippen LogP contribution is -2.00. The summed E-state index contributed by atoms with van der Waals surface area (Å²) in [6, 6.07) is 0.729. The molecule has 0 atom stereocenters. The summed E-state index contributed by atoms with van der Waals surface area (Å²) in [6.45, 7) is 7.59. The summed E-state index contributed by atoms with van der Waals surface area (Å²) in [5.41, 5.74) is 1.01. The van der Waals surface area contributed by atoms with Gasteiger partial charge in [0.2, 0.25) is 0 Å². The van der Waals surface area contributed by atoms with E-state index in [-0.39, 0.29) is 0 Å². The van der Waals surface area contributed by atoms with E-state index in [1.807, 2.05) is 24.6 Å². The maximum atomic E-state index is 5.30. The summed E-state index contributed by atoms with van der Waals surface area (Å²) in [5.74, 6) is 0. The van der Waals surface area contributed by atoms with E-state index in [0.29, 0.717) is 6.61 Å². The average Bonchev–Trinajstić information content (AvgIpc) is 2.32. The van der Waals surface area contributed by atoms with E-state index in [0.717, 1.165) is 18.2 Å². The third kappa shape index (κ3) is 1.73. The SMILES string of the molecule is CCOc1nc(C)cn1CC. The molecule has 1 aromatic heterocycles. The van der Waals surface area contributed by atoms with Crippen molar-refractivity contribution in [3.05, 3.63) is 11.9 Å². The van der Waals surface area contributed by atoms with Crippen LogP contribution in [0.2, 0.25) is 0 Å². The summed E-state index contributed by atoms with van der Waals surface area (Å²) >= 11 is 0. The molecule has 11 heavy (non-hydrogen) atoms. The monoisotopic (exact) mass is 154 g/mol. The van der Waals surface area contributed by atoms with Crippen LogP contribution < -0.4 is 4.74 Å². The summed E-state index contributed by atoms with van der Waals surface area (Å²) in [6.07, 6.45) is 1.99. The molecule has 0 aromatic carbocycles. The molecule has 3 heteroatoms. The lowest BCUT2D eigenvalue weighted by molar-refractivity contribution is 0.297. The molecule has 0 aliphatic carbocycles. The van der Waals surface area contributed by atoms with Gasteiger partial charge in [0, 0.05) is 12.7 Å². The minimum absolute atomic E-state index is 0.677. The van der Waals surface area contributed by atoms with Gasteiger partial charge in [0.15, 0.2) is 0 Å². The van der Waals surface area contributed by atoms with Gasteiger partial charge >= 0.3 is 0 Å². The first-order valence-corrected chi connectivity index (χ1v) is 3.94. The summed E-state index contributed by atoms with van der Waals surface area (Å²) in [5, 5.41) is 0. The van der Waals surface area contributed by atoms with Crippen molar-refractivity contribution in [2.45, 2.75) is 27.3 Å². The van der Waals surface area contributed by atoms with Gasteiger partial charge in [0.05, 0.1) is 12.3 Å². The van der Waals surface area contributed by atoms with E-state index < -0.39 is 0 Å². The van der Waals surface area contributed by atoms with Crippen LogP contribution in [0.25, 0.3) is 0 Å². The molecular weight excluding hydrogens is 140 g/mol. The topological polar surface area (TPSA) is 27.1 Å². The van der Waals surface area contributed by atoms with Crippen molar-refractivity contribution in [1.29, 1.82) is 0 Å². The number of imidazole rings is 1. The fraction of sp³-hybridized carbons (Fsp3) is 0.625. The Morgan fingerprint density at radius 1 is 1.55 bits per heavy atom. The standard InChI is InChI=1S/C8H14N2O/c1-4-10-6-7(3)9-8(10)11-5-2/h6H,4-5H2,1-3H3. The van der Waals surface area contributed by atoms with Gasteiger partial charge in [0.1, 0.15) is 0 Å². The van der Waals surface area contributed by atoms with Gasteiger partial charge in [-0.05, 0) is 20.8 Å². The second-order valence-electron chi connectivity index (χ2n) is 2.38. The Balaban J connectivity index is 2.83. The minimum Gasteiger partial charge on any atom is -0.465 e. The summed E-state index contributed by atoms with van der Waals surface area (Å²) in [4.78, 5) is 4.21. The summed E-state index contributed by atoms with van der Waals surface area (Å²) < 4.78 is 7.30. The van der Waals surface area contributed by atoms with Crippen LogP contribution >= 0.6 is 0 Å². The molecule has 1 heterocycles. The van der Waals surface area contributed by atoms with Crippen LogP contribution in [-0.4, -0.2) is 16.2 Å². The zero-order chi connectivity index (χ0) is 8.27. The largest absolute Gasteiger partial charge is 0.465 e. The first kappa shape index (κ1) is 8.11. The Morgan fingerprint density at radius 3 is 2.82 bits per heavy atom. The number of nitrogens with zero attached hydrogens (tertiary/aromatic N) is 2. The molecule has 0 saturated heterocycles. The molecule has 0 spiro atoms. The van der Waals surface area contributed by atoms with Crippen LogP contribution in [0.4, 0.5) is 0 Å². The number of ether oxygens (including phenoxy) is 1. The van der Waals surface area contributed by atoms with Crippen LogP contribution in [0.15, 0.2) is 6.20 Å². The lowest BCUT2D eigenvalue weighted by Gasteiger charge is -2.02. The van der Waals surface area contributed by atoms with E-state index in [1.165, 1.54) is 0 Å². The Morgan fingerprint density at radius 2 is 2.27 bits per heavy atom. The third-order valence-electron chi connectivity index (χ3n) is 1.47. The first-order chi connectivity index (χ1) is 5.27. The molecule has 0 aliphatic rings. The number of aromatic nitrogens is 2. The normalized spacial score (nSPS) is 10.1. The molecule has 1 rings (SSSR count). The molecule has 0 unspecified atom stereocenters. The van der Waals surface area contributed by atoms with Crippen molar-refractivity contribution >= 4 is 0 Å². The molecule has 0 fully saturated rings. The minimum atomic E-state index is 0.677. The molecule has 0 bridgehead atoms. The van der Waals surface area contributed by atoms with E-state index in [1.54, 1.807) is 0 Å². The van der Waals surface area contributed by atoms with Crippen molar-refractivity contribution in [3.8, 4) is 6.01 Å². The molecule has 0 radical (unpaired) electrons. The Bertz CT molecular complexity index is 230. The van der Waals surface area contributed by atoms with Crippen LogP contribution in [-0.2, 0) is 6.54 Å². The zero-order valence-electron chi connectivity index (χ0n) is 7.29. The fourth-order valence-corrected chi connectivity index (χ4v) is 0.996. The molecule has 1 aromatic rings. The highest BCUT2D eigenvalue weighted by molar-refractivity contribution is 5.06. The molecule has 62 valence electrons. The molecule has 0 saturated carbocycles. The van der Waals surface area contributed by atoms with Gasteiger partial charge in [0.25, 0.3) is 6.01 Å². The second kappa shape index (κ2) is 3.42. The maximum Gasteiger partial charge on any atom is 0.296 e. The van der Waals surface area contributed by atoms with Crippen molar-refractivity contribution in [2.75, 3.05) is 6.61 Å². The zero-order valence-corrected chi connectivity index (χ0v) is 7.29. The second-order valence-corrected chi connectivity index (χ2v) is 2.38. The molecule has 0 aliphatic heterocycles. The smallest absolute Gasteiger partial charge is 0.296 e. The Labute approximate surface area is 67.0 Å². The highest BCUT2D eigenvalue weighted by atomic mass is 16.5. The van der Waals surface area contributed by atoms with Gasteiger partial charge in [-0.15, -0.1) is 0 Å². The first-order valence-electron chi connectivity index (χ1n) is 3.94. The Hall–Kier alpha value is -0.990. The van der Waals surface area contributed by atoms with E-state index in [2.05, 4.69) is 11.9 Å². The molecule has 3 nitrogen and oxygen atoms in total. The van der Waals surface area contributed by atoms with Crippen molar-refractivity contribution < 1.29 is 4.74 Å². The van der Waals surface area contributed by atoms with E-state index >= 15 is 0 Å². The quantitative estimate of drug-likeness (QED) is 0.661. The lowest BCUT2D eigenvalue weighted by atomic mass is 10.6. The highest BCUT2D eigenvalue weighted by Crippen LogP contribution is 2.09. The van der Waals surface area contributed by atoms with Crippen LogP contribution in [0.1, 0.15) is 19.5 Å². The van der Waals surface area contributed by atoms with Crippen molar-refractivity contribution in [1.82, 2.24) is 9.55 Å². The Kier molecular flexibility index (Phi) is 2.52. The third-order valence-corrected chi connectivity index (χ3v) is 1.47. The van der Waals surface area contributed by atoms with E-state index in [4.69, 9.17) is 4.74 Å². The van der Waals surface area contributed by atoms with Gasteiger partial charge < -0.3 is 9.30 Å². The predicted molar refractivity (Wildman–Crippen MR) is 43.8 cm³/mol. The number of aryl methyl sites for hydroxylation is 2. The average molecular weight is 154 g/mol. The van der Waals surface area contributed by atoms with Gasteiger partial charge in [-0.2, -0.15) is 0 Å².